The first-order chi connectivity index (χ1) is 42.0. The van der Waals surface area contributed by atoms with E-state index in [-0.39, 0.29) is 18.5 Å². The molecule has 0 fully saturated rings. The van der Waals surface area contributed by atoms with Crippen LogP contribution in [-0.4, -0.2) is 47.4 Å². The number of aliphatic hydroxyl groups is 2. The SMILES string of the molecule is CCCCCCCCCCCCCCCCCCCCCCCCC(O)C(CO)NC(=O)CCCCCCCCCCCCCCCCCCCCCCCCCCCCCOC(=O)CCCCCCCCCCCCCCCCCCCCC. The summed E-state index contributed by atoms with van der Waals surface area (Å²) in [5.74, 6) is -0.00125. The van der Waals surface area contributed by atoms with E-state index < -0.39 is 12.1 Å². The Labute approximate surface area is 534 Å². The molecule has 0 heterocycles. The minimum absolute atomic E-state index is 0.0247. The number of ether oxygens (including phenoxy) is 1. The second-order valence-electron chi connectivity index (χ2n) is 27.8. The van der Waals surface area contributed by atoms with E-state index in [4.69, 9.17) is 4.74 Å². The van der Waals surface area contributed by atoms with Crippen molar-refractivity contribution in [1.82, 2.24) is 5.32 Å². The van der Waals surface area contributed by atoms with Gasteiger partial charge in [0.15, 0.2) is 0 Å². The van der Waals surface area contributed by atoms with Crippen LogP contribution in [0.3, 0.4) is 0 Å². The molecule has 2 unspecified atom stereocenters. The molecule has 0 aliphatic rings. The number of hydrogen-bond acceptors (Lipinski definition) is 5. The maximum atomic E-state index is 12.6. The van der Waals surface area contributed by atoms with Crippen LogP contribution in [0.25, 0.3) is 0 Å². The Morgan fingerprint density at radius 1 is 0.282 bits per heavy atom. The molecule has 0 spiro atoms. The van der Waals surface area contributed by atoms with Crippen LogP contribution in [0.1, 0.15) is 470 Å². The van der Waals surface area contributed by atoms with Gasteiger partial charge in [-0.15, -0.1) is 0 Å². The first-order valence-corrected chi connectivity index (χ1v) is 39.8. The van der Waals surface area contributed by atoms with Crippen molar-refractivity contribution in [2.75, 3.05) is 13.2 Å². The average molecular weight is 1200 g/mol. The highest BCUT2D eigenvalue weighted by Gasteiger charge is 2.20. The van der Waals surface area contributed by atoms with E-state index in [1.165, 1.54) is 398 Å². The summed E-state index contributed by atoms with van der Waals surface area (Å²) in [6.45, 7) is 5.02. The predicted octanol–water partition coefficient (Wildman–Crippen LogP) is 26.1. The van der Waals surface area contributed by atoms with Gasteiger partial charge in [0.1, 0.15) is 0 Å². The topological polar surface area (TPSA) is 95.9 Å². The van der Waals surface area contributed by atoms with Crippen molar-refractivity contribution in [3.63, 3.8) is 0 Å². The van der Waals surface area contributed by atoms with Gasteiger partial charge < -0.3 is 20.3 Å². The molecule has 0 aromatic rings. The van der Waals surface area contributed by atoms with Crippen molar-refractivity contribution in [2.45, 2.75) is 482 Å². The Morgan fingerprint density at radius 2 is 0.482 bits per heavy atom. The summed E-state index contributed by atoms with van der Waals surface area (Å²) in [7, 11) is 0. The number of esters is 1. The Balaban J connectivity index is 3.32. The maximum Gasteiger partial charge on any atom is 0.305 e. The molecule has 0 rings (SSSR count). The fourth-order valence-corrected chi connectivity index (χ4v) is 13.1. The summed E-state index contributed by atoms with van der Waals surface area (Å²) in [6.07, 6.45) is 93.3. The Kier molecular flexibility index (Phi) is 74.3. The van der Waals surface area contributed by atoms with Crippen LogP contribution in [0, 0.1) is 0 Å². The summed E-state index contributed by atoms with van der Waals surface area (Å²) >= 11 is 0. The van der Waals surface area contributed by atoms with Crippen molar-refractivity contribution in [3.8, 4) is 0 Å². The first-order valence-electron chi connectivity index (χ1n) is 39.8. The standard InChI is InChI=1S/C79H157NO5/c1-3-5-7-9-11-13-15-17-19-21-23-24-32-36-39-43-47-51-55-59-63-67-71-77(82)76(75-81)80-78(83)72-68-64-60-56-52-48-44-40-37-33-30-28-26-25-27-29-31-34-38-42-46-50-54-58-62-66-70-74-85-79(84)73-69-65-61-57-53-49-45-41-35-22-20-18-16-14-12-10-8-6-4-2/h76-77,81-82H,3-75H2,1-2H3,(H,80,83). The Morgan fingerprint density at radius 3 is 0.718 bits per heavy atom. The molecule has 0 saturated carbocycles. The zero-order chi connectivity index (χ0) is 61.3. The third-order valence-electron chi connectivity index (χ3n) is 19.2. The highest BCUT2D eigenvalue weighted by atomic mass is 16.5. The van der Waals surface area contributed by atoms with Crippen molar-refractivity contribution in [1.29, 1.82) is 0 Å². The minimum Gasteiger partial charge on any atom is -0.466 e. The van der Waals surface area contributed by atoms with E-state index in [2.05, 4.69) is 19.2 Å². The van der Waals surface area contributed by atoms with E-state index in [0.717, 1.165) is 38.5 Å². The molecule has 3 N–H and O–H groups in total. The summed E-state index contributed by atoms with van der Waals surface area (Å²) < 4.78 is 5.52. The molecule has 2 atom stereocenters. The Bertz CT molecular complexity index is 1240. The lowest BCUT2D eigenvalue weighted by Gasteiger charge is -2.22. The van der Waals surface area contributed by atoms with E-state index >= 15 is 0 Å². The number of carbonyl (C=O) groups is 2. The first kappa shape index (κ1) is 83.9. The van der Waals surface area contributed by atoms with Gasteiger partial charge >= 0.3 is 5.97 Å². The molecule has 6 nitrogen and oxygen atoms in total. The smallest absolute Gasteiger partial charge is 0.305 e. The molecule has 85 heavy (non-hydrogen) atoms. The maximum absolute atomic E-state index is 12.6. The monoisotopic (exact) mass is 1200 g/mol. The lowest BCUT2D eigenvalue weighted by molar-refractivity contribution is -0.143. The molecule has 6 heteroatoms. The molecule has 0 radical (unpaired) electrons. The van der Waals surface area contributed by atoms with Crippen LogP contribution in [0.15, 0.2) is 0 Å². The van der Waals surface area contributed by atoms with Crippen molar-refractivity contribution in [3.05, 3.63) is 0 Å². The van der Waals surface area contributed by atoms with Crippen LogP contribution in [0.4, 0.5) is 0 Å². The summed E-state index contributed by atoms with van der Waals surface area (Å²) in [5.41, 5.74) is 0. The van der Waals surface area contributed by atoms with Gasteiger partial charge in [0.05, 0.1) is 25.4 Å². The highest BCUT2D eigenvalue weighted by Crippen LogP contribution is 2.21. The summed E-state index contributed by atoms with van der Waals surface area (Å²) in [4.78, 5) is 24.7. The molecule has 0 saturated heterocycles. The fraction of sp³-hybridized carbons (Fsp3) is 0.975. The van der Waals surface area contributed by atoms with E-state index in [1.807, 2.05) is 0 Å². The lowest BCUT2D eigenvalue weighted by Crippen LogP contribution is -2.45. The largest absolute Gasteiger partial charge is 0.466 e. The second-order valence-corrected chi connectivity index (χ2v) is 27.8. The van der Waals surface area contributed by atoms with Crippen LogP contribution >= 0.6 is 0 Å². The molecular weight excluding hydrogens is 1040 g/mol. The molecule has 0 aromatic carbocycles. The molecule has 0 aliphatic heterocycles. The van der Waals surface area contributed by atoms with Gasteiger partial charge in [0.2, 0.25) is 5.91 Å². The fourth-order valence-electron chi connectivity index (χ4n) is 13.1. The molecular formula is C79H157NO5. The molecule has 0 bridgehead atoms. The summed E-state index contributed by atoms with van der Waals surface area (Å²) in [5, 5.41) is 23.5. The van der Waals surface area contributed by atoms with Gasteiger partial charge in [-0.25, -0.2) is 0 Å². The van der Waals surface area contributed by atoms with Crippen molar-refractivity contribution in [2.24, 2.45) is 0 Å². The van der Waals surface area contributed by atoms with Crippen molar-refractivity contribution < 1.29 is 24.5 Å². The van der Waals surface area contributed by atoms with Crippen molar-refractivity contribution >= 4 is 11.9 Å². The molecule has 0 aliphatic carbocycles. The number of hydrogen-bond donors (Lipinski definition) is 3. The third kappa shape index (κ3) is 71.8. The van der Waals surface area contributed by atoms with Crippen LogP contribution in [0.5, 0.6) is 0 Å². The van der Waals surface area contributed by atoms with Crippen LogP contribution < -0.4 is 5.32 Å². The van der Waals surface area contributed by atoms with Gasteiger partial charge in [0.25, 0.3) is 0 Å². The second kappa shape index (κ2) is 75.3. The summed E-state index contributed by atoms with van der Waals surface area (Å²) in [6, 6.07) is -0.540. The van der Waals surface area contributed by atoms with Gasteiger partial charge in [-0.3, -0.25) is 9.59 Å². The quantitative estimate of drug-likeness (QED) is 0.0417. The minimum atomic E-state index is -0.663. The number of aliphatic hydroxyl groups excluding tert-OH is 2. The van der Waals surface area contributed by atoms with Gasteiger partial charge in [-0.1, -0.05) is 431 Å². The normalized spacial score (nSPS) is 12.4. The number of rotatable bonds is 76. The lowest BCUT2D eigenvalue weighted by atomic mass is 10.0. The number of unbranched alkanes of at least 4 members (excludes halogenated alkanes) is 65. The van der Waals surface area contributed by atoms with E-state index in [0.29, 0.717) is 25.9 Å². The number of amides is 1. The van der Waals surface area contributed by atoms with E-state index in [9.17, 15) is 19.8 Å². The zero-order valence-electron chi connectivity index (χ0n) is 58.4. The molecule has 0 aromatic heterocycles. The third-order valence-corrected chi connectivity index (χ3v) is 19.2. The molecule has 508 valence electrons. The van der Waals surface area contributed by atoms with Gasteiger partial charge in [0, 0.05) is 12.8 Å². The predicted molar refractivity (Wildman–Crippen MR) is 375 cm³/mol. The van der Waals surface area contributed by atoms with Gasteiger partial charge in [-0.05, 0) is 25.7 Å². The molecule has 1 amide bonds. The van der Waals surface area contributed by atoms with Crippen LogP contribution in [-0.2, 0) is 14.3 Å². The average Bonchev–Trinajstić information content (AvgIpc) is 3.51. The Hall–Kier alpha value is -1.14. The zero-order valence-corrected chi connectivity index (χ0v) is 58.4. The van der Waals surface area contributed by atoms with E-state index in [1.54, 1.807) is 0 Å². The number of nitrogens with one attached hydrogen (secondary N) is 1. The highest BCUT2D eigenvalue weighted by molar-refractivity contribution is 5.76. The van der Waals surface area contributed by atoms with Crippen LogP contribution in [0.2, 0.25) is 0 Å². The number of carbonyl (C=O) groups excluding carboxylic acids is 2. The van der Waals surface area contributed by atoms with Gasteiger partial charge in [-0.2, -0.15) is 0 Å².